The van der Waals surface area contributed by atoms with E-state index in [2.05, 4.69) is 4.72 Å². The van der Waals surface area contributed by atoms with E-state index in [1.54, 1.807) is 17.0 Å². The summed E-state index contributed by atoms with van der Waals surface area (Å²) < 4.78 is 50.6. The van der Waals surface area contributed by atoms with Crippen LogP contribution >= 0.6 is 11.6 Å². The van der Waals surface area contributed by atoms with Crippen molar-refractivity contribution in [3.63, 3.8) is 0 Å². The van der Waals surface area contributed by atoms with Gasteiger partial charge in [-0.15, -0.1) is 0 Å². The lowest BCUT2D eigenvalue weighted by molar-refractivity contribution is -0.135. The minimum Gasteiger partial charge on any atom is -0.337 e. The van der Waals surface area contributed by atoms with E-state index in [4.69, 9.17) is 11.6 Å². The van der Waals surface area contributed by atoms with Gasteiger partial charge in [-0.25, -0.2) is 21.6 Å². The highest BCUT2D eigenvalue weighted by Crippen LogP contribution is 2.38. The zero-order chi connectivity index (χ0) is 19.8. The first kappa shape index (κ1) is 20.6. The number of fused-ring (bicyclic) bond motifs is 2. The summed E-state index contributed by atoms with van der Waals surface area (Å²) in [6.07, 6.45) is 3.83. The molecule has 27 heavy (non-hydrogen) atoms. The maximum absolute atomic E-state index is 12.6. The molecule has 2 aliphatic heterocycles. The normalized spacial score (nSPS) is 25.6. The summed E-state index contributed by atoms with van der Waals surface area (Å²) in [6, 6.07) is 5.78. The summed E-state index contributed by atoms with van der Waals surface area (Å²) in [4.78, 5) is 14.4. The third kappa shape index (κ3) is 4.64. The van der Waals surface area contributed by atoms with Crippen molar-refractivity contribution in [3.8, 4) is 0 Å². The molecule has 0 aliphatic carbocycles. The van der Waals surface area contributed by atoms with Crippen LogP contribution in [0.5, 0.6) is 0 Å². The van der Waals surface area contributed by atoms with E-state index in [1.807, 2.05) is 0 Å². The number of halogens is 1. The quantitative estimate of drug-likeness (QED) is 0.732. The van der Waals surface area contributed by atoms with Crippen LogP contribution in [0.3, 0.4) is 0 Å². The highest BCUT2D eigenvalue weighted by molar-refractivity contribution is 7.91. The van der Waals surface area contributed by atoms with Crippen molar-refractivity contribution in [1.29, 1.82) is 0 Å². The summed E-state index contributed by atoms with van der Waals surface area (Å²) in [6.45, 7) is -0.0148. The molecule has 1 N–H and O–H groups in total. The van der Waals surface area contributed by atoms with Crippen molar-refractivity contribution >= 4 is 37.4 Å². The van der Waals surface area contributed by atoms with Crippen LogP contribution in [0.4, 0.5) is 0 Å². The van der Waals surface area contributed by atoms with Crippen LogP contribution in [-0.2, 0) is 24.7 Å². The van der Waals surface area contributed by atoms with Gasteiger partial charge in [-0.2, -0.15) is 0 Å². The van der Waals surface area contributed by atoms with E-state index >= 15 is 0 Å². The fraction of sp³-hybridized carbons (Fsp3) is 0.588. The van der Waals surface area contributed by atoms with Gasteiger partial charge < -0.3 is 4.90 Å². The predicted molar refractivity (Wildman–Crippen MR) is 103 cm³/mol. The third-order valence-corrected chi connectivity index (χ3v) is 8.61. The van der Waals surface area contributed by atoms with E-state index in [9.17, 15) is 21.6 Å². The SMILES string of the molecule is CS(=O)(=O)C1CC2CCC(C1)N2C(=O)CCNS(=O)(=O)c1cccc(Cl)c1. The van der Waals surface area contributed by atoms with Crippen molar-refractivity contribution in [2.75, 3.05) is 12.8 Å². The molecule has 0 radical (unpaired) electrons. The Morgan fingerprint density at radius 3 is 2.37 bits per heavy atom. The second-order valence-electron chi connectivity index (χ2n) is 7.21. The fourth-order valence-corrected chi connectivity index (χ4v) is 6.50. The minimum absolute atomic E-state index is 0.0148. The number of sulfone groups is 1. The Balaban J connectivity index is 1.58. The summed E-state index contributed by atoms with van der Waals surface area (Å²) >= 11 is 5.82. The Bertz CT molecular complexity index is 918. The third-order valence-electron chi connectivity index (χ3n) is 5.32. The number of carbonyl (C=O) groups excluding carboxylic acids is 1. The van der Waals surface area contributed by atoms with Gasteiger partial charge in [0.2, 0.25) is 15.9 Å². The molecule has 1 aromatic carbocycles. The Hall–Kier alpha value is -1.16. The average Bonchev–Trinajstić information content (AvgIpc) is 2.83. The molecular formula is C17H23ClN2O5S2. The molecule has 150 valence electrons. The predicted octanol–water partition coefficient (Wildman–Crippen LogP) is 1.58. The smallest absolute Gasteiger partial charge is 0.240 e. The molecule has 0 aromatic heterocycles. The minimum atomic E-state index is -3.73. The molecule has 0 spiro atoms. The molecule has 2 fully saturated rings. The Labute approximate surface area is 165 Å². The summed E-state index contributed by atoms with van der Waals surface area (Å²) in [7, 11) is -6.84. The fourth-order valence-electron chi connectivity index (χ4n) is 4.02. The monoisotopic (exact) mass is 434 g/mol. The first-order valence-electron chi connectivity index (χ1n) is 8.83. The van der Waals surface area contributed by atoms with Crippen LogP contribution < -0.4 is 4.72 Å². The lowest BCUT2D eigenvalue weighted by atomic mass is 10.0. The van der Waals surface area contributed by atoms with Crippen LogP contribution in [0.1, 0.15) is 32.1 Å². The number of hydrogen-bond donors (Lipinski definition) is 1. The highest BCUT2D eigenvalue weighted by atomic mass is 35.5. The molecule has 2 bridgehead atoms. The van der Waals surface area contributed by atoms with Gasteiger partial charge in [0.15, 0.2) is 0 Å². The number of amides is 1. The van der Waals surface area contributed by atoms with Crippen molar-refractivity contribution in [2.45, 2.75) is 54.3 Å². The zero-order valence-electron chi connectivity index (χ0n) is 15.0. The first-order chi connectivity index (χ1) is 12.6. The molecule has 2 heterocycles. The van der Waals surface area contributed by atoms with Crippen molar-refractivity contribution in [1.82, 2.24) is 9.62 Å². The molecule has 1 amide bonds. The van der Waals surface area contributed by atoms with E-state index < -0.39 is 19.9 Å². The molecule has 2 unspecified atom stereocenters. The van der Waals surface area contributed by atoms with Crippen LogP contribution in [-0.4, -0.2) is 57.8 Å². The number of sulfonamides is 1. The van der Waals surface area contributed by atoms with Crippen LogP contribution in [0.15, 0.2) is 29.2 Å². The largest absolute Gasteiger partial charge is 0.337 e. The van der Waals surface area contributed by atoms with E-state index in [-0.39, 0.29) is 41.1 Å². The van der Waals surface area contributed by atoms with E-state index in [0.29, 0.717) is 17.9 Å². The number of rotatable bonds is 6. The van der Waals surface area contributed by atoms with Gasteiger partial charge in [-0.3, -0.25) is 4.79 Å². The average molecular weight is 435 g/mol. The number of nitrogens with one attached hydrogen (secondary N) is 1. The van der Waals surface area contributed by atoms with Crippen molar-refractivity contribution < 1.29 is 21.6 Å². The zero-order valence-corrected chi connectivity index (χ0v) is 17.4. The number of nitrogens with zero attached hydrogens (tertiary/aromatic N) is 1. The maximum Gasteiger partial charge on any atom is 0.240 e. The van der Waals surface area contributed by atoms with E-state index in [0.717, 1.165) is 12.8 Å². The molecular weight excluding hydrogens is 412 g/mol. The second-order valence-corrected chi connectivity index (χ2v) is 11.7. The molecule has 7 nitrogen and oxygen atoms in total. The van der Waals surface area contributed by atoms with Crippen molar-refractivity contribution in [3.05, 3.63) is 29.3 Å². The summed E-state index contributed by atoms with van der Waals surface area (Å²) in [5.41, 5.74) is 0. The van der Waals surface area contributed by atoms with Gasteiger partial charge in [0, 0.05) is 36.3 Å². The van der Waals surface area contributed by atoms with Gasteiger partial charge in [0.1, 0.15) is 9.84 Å². The van der Waals surface area contributed by atoms with Gasteiger partial charge >= 0.3 is 0 Å². The van der Waals surface area contributed by atoms with Crippen molar-refractivity contribution in [2.24, 2.45) is 0 Å². The van der Waals surface area contributed by atoms with Crippen LogP contribution in [0, 0.1) is 0 Å². The molecule has 2 saturated heterocycles. The number of piperidine rings is 1. The topological polar surface area (TPSA) is 101 Å². The second kappa shape index (κ2) is 7.69. The Morgan fingerprint density at radius 2 is 1.81 bits per heavy atom. The highest BCUT2D eigenvalue weighted by Gasteiger charge is 2.45. The van der Waals surface area contributed by atoms with Gasteiger partial charge in [0.05, 0.1) is 10.1 Å². The van der Waals surface area contributed by atoms with Gasteiger partial charge in [-0.05, 0) is 43.9 Å². The lowest BCUT2D eigenvalue weighted by Gasteiger charge is -2.38. The Morgan fingerprint density at radius 1 is 1.19 bits per heavy atom. The van der Waals surface area contributed by atoms with Gasteiger partial charge in [-0.1, -0.05) is 17.7 Å². The number of carbonyl (C=O) groups is 1. The number of hydrogen-bond acceptors (Lipinski definition) is 5. The van der Waals surface area contributed by atoms with Gasteiger partial charge in [0.25, 0.3) is 0 Å². The summed E-state index contributed by atoms with van der Waals surface area (Å²) in [5.74, 6) is -0.136. The molecule has 10 heteroatoms. The Kier molecular flexibility index (Phi) is 5.86. The first-order valence-corrected chi connectivity index (χ1v) is 12.6. The molecule has 1 aromatic rings. The van der Waals surface area contributed by atoms with Crippen LogP contribution in [0.2, 0.25) is 5.02 Å². The summed E-state index contributed by atoms with van der Waals surface area (Å²) in [5, 5.41) is -0.0698. The standard InChI is InChI=1S/C17H23ClN2O5S2/c1-26(22,23)16-10-13-5-6-14(11-16)20(13)17(21)7-8-19-27(24,25)15-4-2-3-12(18)9-15/h2-4,9,13-14,16,19H,5-8,10-11H2,1H3. The lowest BCUT2D eigenvalue weighted by Crippen LogP contribution is -2.50. The molecule has 2 aliphatic rings. The molecule has 2 atom stereocenters. The number of benzene rings is 1. The van der Waals surface area contributed by atoms with E-state index in [1.165, 1.54) is 18.4 Å². The molecule has 3 rings (SSSR count). The van der Waals surface area contributed by atoms with Crippen LogP contribution in [0.25, 0.3) is 0 Å². The maximum atomic E-state index is 12.6. The molecule has 0 saturated carbocycles.